The summed E-state index contributed by atoms with van der Waals surface area (Å²) in [5, 5.41) is 0.773. The van der Waals surface area contributed by atoms with Gasteiger partial charge in [-0.2, -0.15) is 0 Å². The van der Waals surface area contributed by atoms with Crippen LogP contribution in [0.25, 0.3) is 0 Å². The highest BCUT2D eigenvalue weighted by molar-refractivity contribution is 6.33. The highest BCUT2D eigenvalue weighted by atomic mass is 35.5. The Bertz CT molecular complexity index is 540. The van der Waals surface area contributed by atoms with Gasteiger partial charge in [0.1, 0.15) is 0 Å². The van der Waals surface area contributed by atoms with Gasteiger partial charge in [0.05, 0.1) is 10.7 Å². The second-order valence-corrected chi connectivity index (χ2v) is 5.41. The van der Waals surface area contributed by atoms with Crippen LogP contribution in [-0.2, 0) is 13.0 Å². The monoisotopic (exact) mass is 288 g/mol. The van der Waals surface area contributed by atoms with Crippen molar-refractivity contribution in [3.8, 4) is 0 Å². The Morgan fingerprint density at radius 2 is 1.80 bits per heavy atom. The van der Waals surface area contributed by atoms with Crippen molar-refractivity contribution in [2.45, 2.75) is 19.4 Å². The predicted octanol–water partition coefficient (Wildman–Crippen LogP) is 3.87. The van der Waals surface area contributed by atoms with Crippen LogP contribution in [0.15, 0.2) is 48.5 Å². The number of halogens is 1. The maximum atomic E-state index is 6.30. The molecule has 3 heteroatoms. The molecule has 0 aliphatic carbocycles. The number of rotatable bonds is 6. The summed E-state index contributed by atoms with van der Waals surface area (Å²) in [6.45, 7) is 1.51. The molecule has 0 spiro atoms. The molecule has 0 radical (unpaired) electrons. The first kappa shape index (κ1) is 14.9. The van der Waals surface area contributed by atoms with Crippen molar-refractivity contribution in [1.82, 2.24) is 0 Å². The van der Waals surface area contributed by atoms with E-state index >= 15 is 0 Å². The summed E-state index contributed by atoms with van der Waals surface area (Å²) in [4.78, 5) is 2.20. The van der Waals surface area contributed by atoms with Gasteiger partial charge in [-0.3, -0.25) is 0 Å². The van der Waals surface area contributed by atoms with Crippen molar-refractivity contribution in [3.05, 3.63) is 64.7 Å². The van der Waals surface area contributed by atoms with Gasteiger partial charge in [-0.05, 0) is 36.1 Å². The zero-order valence-corrected chi connectivity index (χ0v) is 12.6. The van der Waals surface area contributed by atoms with E-state index in [1.807, 2.05) is 24.3 Å². The average Bonchev–Trinajstić information content (AvgIpc) is 2.48. The minimum Gasteiger partial charge on any atom is -0.373 e. The number of hydrogen-bond donors (Lipinski definition) is 1. The Labute approximate surface area is 126 Å². The Morgan fingerprint density at radius 1 is 1.05 bits per heavy atom. The summed E-state index contributed by atoms with van der Waals surface area (Å²) >= 11 is 6.30. The molecule has 0 amide bonds. The van der Waals surface area contributed by atoms with E-state index in [2.05, 4.69) is 36.2 Å². The summed E-state index contributed by atoms with van der Waals surface area (Å²) in [6.07, 6.45) is 2.19. The second kappa shape index (κ2) is 7.32. The molecule has 0 saturated carbocycles. The standard InChI is InChI=1S/C17H21ClN2/c1-20(11-5-8-14-6-3-2-4-7-14)17-10-9-15(13-19)12-16(17)18/h2-4,6-7,9-10,12H,5,8,11,13,19H2,1H3. The van der Waals surface area contributed by atoms with Crippen LogP contribution in [0.2, 0.25) is 5.02 Å². The molecular weight excluding hydrogens is 268 g/mol. The molecule has 0 unspecified atom stereocenters. The zero-order valence-electron chi connectivity index (χ0n) is 11.8. The second-order valence-electron chi connectivity index (χ2n) is 5.00. The van der Waals surface area contributed by atoms with Gasteiger partial charge >= 0.3 is 0 Å². The van der Waals surface area contributed by atoms with Crippen LogP contribution in [0, 0.1) is 0 Å². The first-order valence-corrected chi connectivity index (χ1v) is 7.32. The normalized spacial score (nSPS) is 10.6. The third-order valence-corrected chi connectivity index (χ3v) is 3.76. The third-order valence-electron chi connectivity index (χ3n) is 3.46. The third kappa shape index (κ3) is 3.99. The molecule has 2 nitrogen and oxygen atoms in total. The Kier molecular flexibility index (Phi) is 5.45. The summed E-state index contributed by atoms with van der Waals surface area (Å²) in [7, 11) is 2.08. The molecule has 0 bridgehead atoms. The molecule has 0 aliphatic rings. The fraction of sp³-hybridized carbons (Fsp3) is 0.294. The van der Waals surface area contributed by atoms with E-state index in [0.29, 0.717) is 6.54 Å². The van der Waals surface area contributed by atoms with Crippen LogP contribution in [-0.4, -0.2) is 13.6 Å². The van der Waals surface area contributed by atoms with Gasteiger partial charge in [0.25, 0.3) is 0 Å². The molecule has 0 heterocycles. The molecule has 20 heavy (non-hydrogen) atoms. The first-order valence-electron chi connectivity index (χ1n) is 6.94. The lowest BCUT2D eigenvalue weighted by Gasteiger charge is -2.21. The topological polar surface area (TPSA) is 29.3 Å². The molecule has 0 aromatic heterocycles. The van der Waals surface area contributed by atoms with E-state index in [-0.39, 0.29) is 0 Å². The largest absolute Gasteiger partial charge is 0.373 e. The quantitative estimate of drug-likeness (QED) is 0.874. The fourth-order valence-corrected chi connectivity index (χ4v) is 2.62. The zero-order chi connectivity index (χ0) is 14.4. The smallest absolute Gasteiger partial charge is 0.0642 e. The predicted molar refractivity (Wildman–Crippen MR) is 87.4 cm³/mol. The van der Waals surface area contributed by atoms with Crippen molar-refractivity contribution in [2.75, 3.05) is 18.5 Å². The molecule has 106 valence electrons. The number of nitrogens with zero attached hydrogens (tertiary/aromatic N) is 1. The minimum atomic E-state index is 0.526. The summed E-state index contributed by atoms with van der Waals surface area (Å²) < 4.78 is 0. The van der Waals surface area contributed by atoms with Gasteiger partial charge in [-0.1, -0.05) is 48.0 Å². The fourth-order valence-electron chi connectivity index (χ4n) is 2.27. The number of hydrogen-bond acceptors (Lipinski definition) is 2. The summed E-state index contributed by atoms with van der Waals surface area (Å²) in [5.74, 6) is 0. The van der Waals surface area contributed by atoms with Gasteiger partial charge in [-0.25, -0.2) is 0 Å². The van der Waals surface area contributed by atoms with Crippen molar-refractivity contribution in [3.63, 3.8) is 0 Å². The molecule has 0 saturated heterocycles. The molecule has 0 aliphatic heterocycles. The van der Waals surface area contributed by atoms with Crippen molar-refractivity contribution in [1.29, 1.82) is 0 Å². The molecule has 0 atom stereocenters. The maximum absolute atomic E-state index is 6.30. The molecule has 2 aromatic carbocycles. The van der Waals surface area contributed by atoms with Crippen LogP contribution in [0.1, 0.15) is 17.5 Å². The van der Waals surface area contributed by atoms with Gasteiger partial charge in [0.15, 0.2) is 0 Å². The summed E-state index contributed by atoms with van der Waals surface area (Å²) in [5.41, 5.74) is 9.13. The molecule has 2 aromatic rings. The van der Waals surface area contributed by atoms with E-state index < -0.39 is 0 Å². The lowest BCUT2D eigenvalue weighted by atomic mass is 10.1. The van der Waals surface area contributed by atoms with Gasteiger partial charge in [0.2, 0.25) is 0 Å². The number of nitrogens with two attached hydrogens (primary N) is 1. The van der Waals surface area contributed by atoms with Crippen molar-refractivity contribution < 1.29 is 0 Å². The van der Waals surface area contributed by atoms with Gasteiger partial charge in [0, 0.05) is 20.1 Å². The summed E-state index contributed by atoms with van der Waals surface area (Å²) in [6, 6.07) is 16.6. The van der Waals surface area contributed by atoms with E-state index in [1.165, 1.54) is 5.56 Å². The van der Waals surface area contributed by atoms with E-state index in [1.54, 1.807) is 0 Å². The first-order chi connectivity index (χ1) is 9.70. The average molecular weight is 289 g/mol. The minimum absolute atomic E-state index is 0.526. The van der Waals surface area contributed by atoms with E-state index in [9.17, 15) is 0 Å². The van der Waals surface area contributed by atoms with Crippen molar-refractivity contribution in [2.24, 2.45) is 5.73 Å². The van der Waals surface area contributed by atoms with Crippen LogP contribution in [0.4, 0.5) is 5.69 Å². The van der Waals surface area contributed by atoms with Gasteiger partial charge < -0.3 is 10.6 Å². The van der Waals surface area contributed by atoms with Crippen LogP contribution >= 0.6 is 11.6 Å². The Hall–Kier alpha value is -1.51. The Morgan fingerprint density at radius 3 is 2.45 bits per heavy atom. The highest BCUT2D eigenvalue weighted by Crippen LogP contribution is 2.26. The van der Waals surface area contributed by atoms with Crippen LogP contribution < -0.4 is 10.6 Å². The molecule has 2 rings (SSSR count). The van der Waals surface area contributed by atoms with Crippen LogP contribution in [0.5, 0.6) is 0 Å². The molecule has 2 N–H and O–H groups in total. The number of anilines is 1. The van der Waals surface area contributed by atoms with E-state index in [4.69, 9.17) is 17.3 Å². The SMILES string of the molecule is CN(CCCc1ccccc1)c1ccc(CN)cc1Cl. The molecule has 0 fully saturated rings. The van der Waals surface area contributed by atoms with E-state index in [0.717, 1.165) is 35.7 Å². The Balaban J connectivity index is 1.90. The lowest BCUT2D eigenvalue weighted by Crippen LogP contribution is -2.19. The van der Waals surface area contributed by atoms with Crippen molar-refractivity contribution >= 4 is 17.3 Å². The molecular formula is C17H21ClN2. The maximum Gasteiger partial charge on any atom is 0.0642 e. The number of benzene rings is 2. The van der Waals surface area contributed by atoms with Crippen LogP contribution in [0.3, 0.4) is 0 Å². The lowest BCUT2D eigenvalue weighted by molar-refractivity contribution is 0.785. The highest BCUT2D eigenvalue weighted by Gasteiger charge is 2.06. The van der Waals surface area contributed by atoms with Gasteiger partial charge in [-0.15, -0.1) is 0 Å². The number of aryl methyl sites for hydroxylation is 1.